The van der Waals surface area contributed by atoms with E-state index in [2.05, 4.69) is 37.6 Å². The van der Waals surface area contributed by atoms with Gasteiger partial charge >= 0.3 is 0 Å². The topological polar surface area (TPSA) is 66.4 Å². The van der Waals surface area contributed by atoms with Crippen LogP contribution >= 0.6 is 0 Å². The lowest BCUT2D eigenvalue weighted by Gasteiger charge is -2.32. The molecule has 0 aliphatic carbocycles. The molecular weight excluding hydrogens is 424 g/mol. The van der Waals surface area contributed by atoms with Gasteiger partial charge < -0.3 is 0 Å². The zero-order valence-corrected chi connectivity index (χ0v) is 20.5. The summed E-state index contributed by atoms with van der Waals surface area (Å²) in [7, 11) is 0. The van der Waals surface area contributed by atoms with Crippen molar-refractivity contribution in [1.29, 1.82) is 0 Å². The Morgan fingerprint density at radius 3 is 2.29 bits per heavy atom. The van der Waals surface area contributed by atoms with Crippen molar-refractivity contribution in [2.24, 2.45) is 0 Å². The van der Waals surface area contributed by atoms with Crippen LogP contribution in [0.1, 0.15) is 62.9 Å². The van der Waals surface area contributed by atoms with Gasteiger partial charge in [-0.15, -0.1) is 0 Å². The third kappa shape index (κ3) is 4.38. The summed E-state index contributed by atoms with van der Waals surface area (Å²) in [6, 6.07) is 17.7. The minimum Gasteiger partial charge on any atom is -0.293 e. The zero-order chi connectivity index (χ0) is 24.4. The fourth-order valence-corrected chi connectivity index (χ4v) is 4.72. The number of ketones is 1. The van der Waals surface area contributed by atoms with Gasteiger partial charge in [-0.3, -0.25) is 19.4 Å². The molecule has 0 radical (unpaired) electrons. The summed E-state index contributed by atoms with van der Waals surface area (Å²) in [6.07, 6.45) is 2.21. The third-order valence-electron chi connectivity index (χ3n) is 6.45. The van der Waals surface area contributed by atoms with Crippen LogP contribution in [0.3, 0.4) is 0 Å². The van der Waals surface area contributed by atoms with E-state index in [0.29, 0.717) is 23.6 Å². The molecule has 1 unspecified atom stereocenters. The lowest BCUT2D eigenvalue weighted by atomic mass is 9.89. The summed E-state index contributed by atoms with van der Waals surface area (Å²) in [5.74, 6) is 0.328. The Labute approximate surface area is 201 Å². The Kier molecular flexibility index (Phi) is 6.89. The lowest BCUT2D eigenvalue weighted by molar-refractivity contribution is -0.120. The molecule has 1 aromatic heterocycles. The Morgan fingerprint density at radius 1 is 1.00 bits per heavy atom. The molecular formula is C28H32N4O2. The largest absolute Gasteiger partial charge is 0.293 e. The number of carbonyl (C=O) groups excluding carboxylic acids is 2. The summed E-state index contributed by atoms with van der Waals surface area (Å²) in [6.45, 7) is 10.6. The van der Waals surface area contributed by atoms with E-state index in [4.69, 9.17) is 4.98 Å². The Bertz CT molecular complexity index is 1180. The van der Waals surface area contributed by atoms with E-state index < -0.39 is 0 Å². The van der Waals surface area contributed by atoms with Gasteiger partial charge in [0.05, 0.1) is 17.8 Å². The van der Waals surface area contributed by atoms with Crippen LogP contribution in [0, 0.1) is 0 Å². The number of nitrogens with zero attached hydrogens (tertiary/aromatic N) is 4. The Morgan fingerprint density at radius 2 is 1.65 bits per heavy atom. The van der Waals surface area contributed by atoms with Crippen LogP contribution in [0.2, 0.25) is 0 Å². The highest BCUT2D eigenvalue weighted by molar-refractivity contribution is 6.13. The van der Waals surface area contributed by atoms with Crippen LogP contribution in [0.5, 0.6) is 0 Å². The van der Waals surface area contributed by atoms with E-state index in [1.54, 1.807) is 11.1 Å². The van der Waals surface area contributed by atoms with Crippen LogP contribution in [-0.4, -0.2) is 45.2 Å². The number of carbonyl (C=O) groups is 2. The number of hydrogen-bond acceptors (Lipinski definition) is 5. The van der Waals surface area contributed by atoms with Crippen molar-refractivity contribution in [3.63, 3.8) is 0 Å². The number of rotatable bonds is 6. The molecule has 34 heavy (non-hydrogen) atoms. The van der Waals surface area contributed by atoms with Gasteiger partial charge in [0, 0.05) is 29.8 Å². The van der Waals surface area contributed by atoms with E-state index in [1.807, 2.05) is 61.5 Å². The maximum Gasteiger partial charge on any atom is 0.246 e. The Hall–Kier alpha value is -3.38. The number of benzene rings is 2. The zero-order valence-electron chi connectivity index (χ0n) is 20.5. The van der Waals surface area contributed by atoms with Crippen molar-refractivity contribution in [3.05, 3.63) is 71.9 Å². The molecule has 4 rings (SSSR count). The normalized spacial score (nSPS) is 15.5. The summed E-state index contributed by atoms with van der Waals surface area (Å²) >= 11 is 0. The van der Waals surface area contributed by atoms with Gasteiger partial charge in [-0.1, -0.05) is 55.5 Å². The van der Waals surface area contributed by atoms with Gasteiger partial charge in [0.15, 0.2) is 17.4 Å². The van der Waals surface area contributed by atoms with Gasteiger partial charge in [0.2, 0.25) is 5.91 Å². The monoisotopic (exact) mass is 456 g/mol. The maximum absolute atomic E-state index is 14.0. The fourth-order valence-electron chi connectivity index (χ4n) is 4.72. The molecule has 2 heterocycles. The van der Waals surface area contributed by atoms with E-state index in [9.17, 15) is 9.59 Å². The molecule has 0 saturated heterocycles. The number of amides is 1. The fraction of sp³-hybridized carbons (Fsp3) is 0.357. The first kappa shape index (κ1) is 23.8. The Balaban J connectivity index is 1.92. The van der Waals surface area contributed by atoms with Crippen molar-refractivity contribution in [3.8, 4) is 11.4 Å². The molecule has 176 valence electrons. The predicted molar refractivity (Wildman–Crippen MR) is 135 cm³/mol. The minimum atomic E-state index is -0.356. The van der Waals surface area contributed by atoms with Gasteiger partial charge in [-0.2, -0.15) is 0 Å². The molecule has 2 aromatic carbocycles. The first-order valence-electron chi connectivity index (χ1n) is 12.0. The van der Waals surface area contributed by atoms with E-state index >= 15 is 0 Å². The SMILES string of the molecule is CCC1C(=O)c2cnc(-c3ccccc3)nc2N(C(=O)CN(C(C)C)C(C)C)c2ccccc21. The van der Waals surface area contributed by atoms with Crippen molar-refractivity contribution in [2.45, 2.75) is 59.0 Å². The summed E-state index contributed by atoms with van der Waals surface area (Å²) in [5, 5.41) is 0. The highest BCUT2D eigenvalue weighted by Crippen LogP contribution is 2.41. The summed E-state index contributed by atoms with van der Waals surface area (Å²) in [5.41, 5.74) is 2.79. The van der Waals surface area contributed by atoms with Crippen LogP contribution in [0.15, 0.2) is 60.8 Å². The van der Waals surface area contributed by atoms with E-state index in [1.165, 1.54) is 0 Å². The molecule has 1 aliphatic rings. The molecule has 1 atom stereocenters. The summed E-state index contributed by atoms with van der Waals surface area (Å²) in [4.78, 5) is 40.7. The molecule has 0 N–H and O–H groups in total. The van der Waals surface area contributed by atoms with Crippen molar-refractivity contribution in [1.82, 2.24) is 14.9 Å². The second-order valence-corrected chi connectivity index (χ2v) is 9.27. The first-order chi connectivity index (χ1) is 16.3. The van der Waals surface area contributed by atoms with E-state index in [0.717, 1.165) is 16.8 Å². The quantitative estimate of drug-likeness (QED) is 0.482. The molecule has 3 aromatic rings. The van der Waals surface area contributed by atoms with Gasteiger partial charge in [0.25, 0.3) is 0 Å². The number of aromatic nitrogens is 2. The molecule has 0 bridgehead atoms. The van der Waals surface area contributed by atoms with Crippen LogP contribution < -0.4 is 4.90 Å². The highest BCUT2D eigenvalue weighted by atomic mass is 16.2. The average molecular weight is 457 g/mol. The van der Waals surface area contributed by atoms with Gasteiger partial charge in [0.1, 0.15) is 0 Å². The maximum atomic E-state index is 14.0. The smallest absolute Gasteiger partial charge is 0.246 e. The number of fused-ring (bicyclic) bond motifs is 2. The molecule has 6 nitrogen and oxygen atoms in total. The molecule has 1 amide bonds. The molecule has 6 heteroatoms. The molecule has 0 saturated carbocycles. The number of Topliss-reactive ketones (excluding diaryl/α,β-unsaturated/α-hetero) is 1. The number of hydrogen-bond donors (Lipinski definition) is 0. The summed E-state index contributed by atoms with van der Waals surface area (Å²) < 4.78 is 0. The van der Waals surface area contributed by atoms with Crippen molar-refractivity contribution in [2.75, 3.05) is 11.4 Å². The number of para-hydroxylation sites is 1. The molecule has 0 spiro atoms. The van der Waals surface area contributed by atoms with E-state index in [-0.39, 0.29) is 36.2 Å². The predicted octanol–water partition coefficient (Wildman–Crippen LogP) is 5.62. The van der Waals surface area contributed by atoms with Crippen LogP contribution in [0.25, 0.3) is 11.4 Å². The first-order valence-corrected chi connectivity index (χ1v) is 12.0. The average Bonchev–Trinajstić information content (AvgIpc) is 2.94. The molecule has 0 fully saturated rings. The second kappa shape index (κ2) is 9.85. The van der Waals surface area contributed by atoms with Crippen LogP contribution in [-0.2, 0) is 4.79 Å². The third-order valence-corrected chi connectivity index (χ3v) is 6.45. The lowest BCUT2D eigenvalue weighted by Crippen LogP contribution is -2.45. The second-order valence-electron chi connectivity index (χ2n) is 9.27. The van der Waals surface area contributed by atoms with Crippen molar-refractivity contribution < 1.29 is 9.59 Å². The highest BCUT2D eigenvalue weighted by Gasteiger charge is 2.37. The minimum absolute atomic E-state index is 0.0514. The standard InChI is InChI=1S/C28H32N4O2/c1-6-21-22-14-10-11-15-24(22)32(25(33)17-31(18(2)3)19(4)5)28-23(26(21)34)16-29-27(30-28)20-12-8-7-9-13-20/h7-16,18-19,21H,6,17H2,1-5H3. The van der Waals surface area contributed by atoms with Crippen LogP contribution in [0.4, 0.5) is 11.5 Å². The van der Waals surface area contributed by atoms with Gasteiger partial charge in [-0.05, 0) is 45.7 Å². The van der Waals surface area contributed by atoms with Crippen molar-refractivity contribution >= 4 is 23.2 Å². The van der Waals surface area contributed by atoms with Gasteiger partial charge in [-0.25, -0.2) is 9.97 Å². The number of anilines is 2. The molecule has 1 aliphatic heterocycles.